The molecule has 16 heavy (non-hydrogen) atoms. The molecule has 0 spiro atoms. The van der Waals surface area contributed by atoms with E-state index in [1.807, 2.05) is 18.2 Å². The molecule has 1 fully saturated rings. The number of ether oxygens (including phenoxy) is 1. The van der Waals surface area contributed by atoms with Crippen LogP contribution in [0.4, 0.5) is 0 Å². The molecular weight excluding hydrogens is 224 g/mol. The zero-order valence-corrected chi connectivity index (χ0v) is 9.87. The van der Waals surface area contributed by atoms with Crippen molar-refractivity contribution in [3.05, 3.63) is 28.8 Å². The maximum absolute atomic E-state index is 10.3. The average Bonchev–Trinajstić information content (AvgIpc) is 3.09. The Hall–Kier alpha value is -1.02. The van der Waals surface area contributed by atoms with E-state index >= 15 is 0 Å². The molecule has 2 rings (SSSR count). The van der Waals surface area contributed by atoms with Gasteiger partial charge in [-0.3, -0.25) is 0 Å². The number of hydrogen-bond acceptors (Lipinski definition) is 2. The average molecular weight is 239 g/mol. The number of aryl methyl sites for hydroxylation is 1. The zero-order chi connectivity index (χ0) is 11.4. The van der Waals surface area contributed by atoms with Crippen molar-refractivity contribution in [1.82, 2.24) is 0 Å². The van der Waals surface area contributed by atoms with Crippen LogP contribution < -0.4 is 4.74 Å². The first kappa shape index (κ1) is 11.5. The van der Waals surface area contributed by atoms with Crippen LogP contribution in [0.1, 0.15) is 24.8 Å². The molecule has 0 saturated heterocycles. The predicted molar refractivity (Wildman–Crippen MR) is 64.1 cm³/mol. The lowest BCUT2D eigenvalue weighted by atomic mass is 10.1. The molecule has 0 bridgehead atoms. The Bertz CT molecular complexity index is 372. The van der Waals surface area contributed by atoms with Gasteiger partial charge in [0.1, 0.15) is 12.0 Å². The molecule has 2 nitrogen and oxygen atoms in total. The summed E-state index contributed by atoms with van der Waals surface area (Å²) < 4.78 is 5.62. The van der Waals surface area contributed by atoms with Gasteiger partial charge in [-0.2, -0.15) is 0 Å². The van der Waals surface area contributed by atoms with Crippen LogP contribution in [-0.4, -0.2) is 12.9 Å². The van der Waals surface area contributed by atoms with Crippen molar-refractivity contribution in [3.63, 3.8) is 0 Å². The lowest BCUT2D eigenvalue weighted by Gasteiger charge is -2.08. The van der Waals surface area contributed by atoms with E-state index in [-0.39, 0.29) is 0 Å². The highest BCUT2D eigenvalue weighted by atomic mass is 35.5. The lowest BCUT2D eigenvalue weighted by Crippen LogP contribution is -1.99. The minimum atomic E-state index is 0.540. The SMILES string of the molecule is O=CCCc1ccc(OCC2CC2)c(Cl)c1. The third-order valence-corrected chi connectivity index (χ3v) is 3.01. The molecule has 1 aromatic carbocycles. The van der Waals surface area contributed by atoms with Crippen LogP contribution in [0, 0.1) is 5.92 Å². The smallest absolute Gasteiger partial charge is 0.137 e. The van der Waals surface area contributed by atoms with E-state index in [9.17, 15) is 4.79 Å². The summed E-state index contributed by atoms with van der Waals surface area (Å²) in [5, 5.41) is 0.643. The monoisotopic (exact) mass is 238 g/mol. The molecule has 0 aliphatic heterocycles. The molecule has 0 heterocycles. The number of rotatable bonds is 6. The molecule has 0 unspecified atom stereocenters. The van der Waals surface area contributed by atoms with E-state index in [4.69, 9.17) is 16.3 Å². The van der Waals surface area contributed by atoms with Crippen molar-refractivity contribution in [1.29, 1.82) is 0 Å². The van der Waals surface area contributed by atoms with E-state index in [0.29, 0.717) is 11.4 Å². The van der Waals surface area contributed by atoms with Gasteiger partial charge in [0.15, 0.2) is 0 Å². The fourth-order valence-corrected chi connectivity index (χ4v) is 1.79. The molecule has 1 aliphatic rings. The Morgan fingerprint density at radius 1 is 1.44 bits per heavy atom. The predicted octanol–water partition coefficient (Wildman–Crippen LogP) is 3.26. The van der Waals surface area contributed by atoms with E-state index in [0.717, 1.165) is 36.5 Å². The highest BCUT2D eigenvalue weighted by Gasteiger charge is 2.22. The molecule has 3 heteroatoms. The van der Waals surface area contributed by atoms with Gasteiger partial charge in [-0.15, -0.1) is 0 Å². The Morgan fingerprint density at radius 2 is 2.25 bits per heavy atom. The summed E-state index contributed by atoms with van der Waals surface area (Å²) in [5.74, 6) is 1.48. The van der Waals surface area contributed by atoms with Crippen molar-refractivity contribution in [2.24, 2.45) is 5.92 Å². The molecule has 86 valence electrons. The van der Waals surface area contributed by atoms with Crippen molar-refractivity contribution >= 4 is 17.9 Å². The molecule has 1 aromatic rings. The van der Waals surface area contributed by atoms with Crippen LogP contribution in [0.5, 0.6) is 5.75 Å². The molecule has 1 aliphatic carbocycles. The molecule has 0 aromatic heterocycles. The topological polar surface area (TPSA) is 26.3 Å². The number of hydrogen-bond donors (Lipinski definition) is 0. The van der Waals surface area contributed by atoms with E-state index in [1.54, 1.807) is 0 Å². The van der Waals surface area contributed by atoms with Crippen molar-refractivity contribution < 1.29 is 9.53 Å². The minimum absolute atomic E-state index is 0.540. The summed E-state index contributed by atoms with van der Waals surface area (Å²) >= 11 is 6.10. The molecule has 0 atom stereocenters. The second-order valence-corrected chi connectivity index (χ2v) is 4.63. The normalized spacial score (nSPS) is 14.8. The van der Waals surface area contributed by atoms with Crippen LogP contribution in [0.3, 0.4) is 0 Å². The van der Waals surface area contributed by atoms with Crippen LogP contribution in [0.2, 0.25) is 5.02 Å². The first-order valence-electron chi connectivity index (χ1n) is 5.64. The fraction of sp³-hybridized carbons (Fsp3) is 0.462. The van der Waals surface area contributed by atoms with Gasteiger partial charge in [0.25, 0.3) is 0 Å². The molecule has 1 saturated carbocycles. The van der Waals surface area contributed by atoms with E-state index < -0.39 is 0 Å². The highest BCUT2D eigenvalue weighted by molar-refractivity contribution is 6.32. The third kappa shape index (κ3) is 3.24. The Labute approximate surface area is 101 Å². The lowest BCUT2D eigenvalue weighted by molar-refractivity contribution is -0.107. The summed E-state index contributed by atoms with van der Waals surface area (Å²) in [7, 11) is 0. The highest BCUT2D eigenvalue weighted by Crippen LogP contribution is 2.32. The maximum atomic E-state index is 10.3. The zero-order valence-electron chi connectivity index (χ0n) is 9.12. The van der Waals surface area contributed by atoms with E-state index in [2.05, 4.69) is 0 Å². The Kier molecular flexibility index (Phi) is 3.83. The van der Waals surface area contributed by atoms with Gasteiger partial charge in [-0.1, -0.05) is 17.7 Å². The van der Waals surface area contributed by atoms with Crippen LogP contribution in [0.25, 0.3) is 0 Å². The van der Waals surface area contributed by atoms with Gasteiger partial charge in [0, 0.05) is 6.42 Å². The second-order valence-electron chi connectivity index (χ2n) is 4.22. The molecule has 0 amide bonds. The third-order valence-electron chi connectivity index (χ3n) is 2.72. The number of aldehydes is 1. The largest absolute Gasteiger partial charge is 0.492 e. The summed E-state index contributed by atoms with van der Waals surface area (Å²) in [4.78, 5) is 10.3. The van der Waals surface area contributed by atoms with Crippen molar-refractivity contribution in [2.75, 3.05) is 6.61 Å². The van der Waals surface area contributed by atoms with Gasteiger partial charge >= 0.3 is 0 Å². The second kappa shape index (κ2) is 5.35. The summed E-state index contributed by atoms with van der Waals surface area (Å²) in [6.07, 6.45) is 4.75. The fourth-order valence-electron chi connectivity index (χ4n) is 1.53. The standard InChI is InChI=1S/C13H15ClO2/c14-12-8-10(2-1-7-15)5-6-13(12)16-9-11-3-4-11/h5-8,11H,1-4,9H2. The molecular formula is C13H15ClO2. The summed E-state index contributed by atoms with van der Waals surface area (Å²) in [6, 6.07) is 5.75. The summed E-state index contributed by atoms with van der Waals surface area (Å²) in [5.41, 5.74) is 1.08. The van der Waals surface area contributed by atoms with Gasteiger partial charge < -0.3 is 9.53 Å². The maximum Gasteiger partial charge on any atom is 0.137 e. The number of carbonyl (C=O) groups excluding carboxylic acids is 1. The van der Waals surface area contributed by atoms with Crippen LogP contribution in [0.15, 0.2) is 18.2 Å². The Morgan fingerprint density at radius 3 is 2.88 bits per heavy atom. The van der Waals surface area contributed by atoms with Gasteiger partial charge in [-0.05, 0) is 42.9 Å². The number of benzene rings is 1. The van der Waals surface area contributed by atoms with Crippen LogP contribution in [-0.2, 0) is 11.2 Å². The van der Waals surface area contributed by atoms with E-state index in [1.165, 1.54) is 12.8 Å². The van der Waals surface area contributed by atoms with Gasteiger partial charge in [0.2, 0.25) is 0 Å². The summed E-state index contributed by atoms with van der Waals surface area (Å²) in [6.45, 7) is 0.771. The number of carbonyl (C=O) groups is 1. The quantitative estimate of drug-likeness (QED) is 0.711. The first-order valence-corrected chi connectivity index (χ1v) is 6.02. The molecule has 0 radical (unpaired) electrons. The number of halogens is 1. The van der Waals surface area contributed by atoms with Crippen molar-refractivity contribution in [2.45, 2.75) is 25.7 Å². The minimum Gasteiger partial charge on any atom is -0.492 e. The Balaban J connectivity index is 1.94. The van der Waals surface area contributed by atoms with Gasteiger partial charge in [-0.25, -0.2) is 0 Å². The first-order chi connectivity index (χ1) is 7.79. The molecule has 0 N–H and O–H groups in total. The van der Waals surface area contributed by atoms with Crippen molar-refractivity contribution in [3.8, 4) is 5.75 Å². The van der Waals surface area contributed by atoms with Crippen LogP contribution >= 0.6 is 11.6 Å². The van der Waals surface area contributed by atoms with Gasteiger partial charge in [0.05, 0.1) is 11.6 Å².